The predicted molar refractivity (Wildman–Crippen MR) is 92.9 cm³/mol. The summed E-state index contributed by atoms with van der Waals surface area (Å²) in [5.41, 5.74) is 2.11. The van der Waals surface area contributed by atoms with Crippen molar-refractivity contribution in [1.29, 1.82) is 0 Å². The molecule has 3 heterocycles. The fourth-order valence-electron chi connectivity index (χ4n) is 3.62. The Balaban J connectivity index is 2.03. The lowest BCUT2D eigenvalue weighted by molar-refractivity contribution is 0.157. The van der Waals surface area contributed by atoms with Crippen LogP contribution in [0.1, 0.15) is 37.6 Å². The molecular weight excluding hydrogens is 304 g/mol. The highest BCUT2D eigenvalue weighted by atomic mass is 16.5. The molecule has 6 heteroatoms. The number of hydrogen-bond acceptors (Lipinski definition) is 5. The minimum absolute atomic E-state index is 0.204. The predicted octanol–water partition coefficient (Wildman–Crippen LogP) is 2.58. The molecule has 1 aromatic heterocycles. The minimum Gasteiger partial charge on any atom is -0.481 e. The van der Waals surface area contributed by atoms with Crippen molar-refractivity contribution >= 4 is 11.7 Å². The summed E-state index contributed by atoms with van der Waals surface area (Å²) < 4.78 is 7.52. The third-order valence-electron chi connectivity index (χ3n) is 4.67. The van der Waals surface area contributed by atoms with E-state index < -0.39 is 11.1 Å². The average molecular weight is 324 g/mol. The zero-order valence-corrected chi connectivity index (χ0v) is 14.5. The van der Waals surface area contributed by atoms with Gasteiger partial charge in [0.15, 0.2) is 0 Å². The lowest BCUT2D eigenvalue weighted by Gasteiger charge is -2.47. The maximum Gasteiger partial charge on any atom is 0.275 e. The molecule has 0 saturated heterocycles. The van der Waals surface area contributed by atoms with Crippen LogP contribution in [-0.4, -0.2) is 21.0 Å². The first-order valence-electron chi connectivity index (χ1n) is 8.00. The molecule has 6 nitrogen and oxygen atoms in total. The summed E-state index contributed by atoms with van der Waals surface area (Å²) in [5, 5.41) is 8.05. The van der Waals surface area contributed by atoms with Crippen LogP contribution >= 0.6 is 0 Å². The van der Waals surface area contributed by atoms with Gasteiger partial charge in [0.1, 0.15) is 22.6 Å². The van der Waals surface area contributed by atoms with Crippen LogP contribution in [0.25, 0.3) is 0 Å². The summed E-state index contributed by atoms with van der Waals surface area (Å²) >= 11 is 0. The molecular formula is C18H20N4O2. The topological polar surface area (TPSA) is 68.5 Å². The van der Waals surface area contributed by atoms with Gasteiger partial charge in [-0.05, 0) is 46.2 Å². The van der Waals surface area contributed by atoms with E-state index in [4.69, 9.17) is 4.74 Å². The highest BCUT2D eigenvalue weighted by molar-refractivity contribution is 6.05. The number of anilines is 1. The van der Waals surface area contributed by atoms with E-state index in [9.17, 15) is 4.79 Å². The van der Waals surface area contributed by atoms with E-state index in [1.54, 1.807) is 6.92 Å². The number of ether oxygens (including phenoxy) is 1. The summed E-state index contributed by atoms with van der Waals surface area (Å²) in [4.78, 5) is 16.8. The van der Waals surface area contributed by atoms with Crippen LogP contribution in [0.3, 0.4) is 0 Å². The van der Waals surface area contributed by atoms with Gasteiger partial charge in [-0.15, -0.1) is 0 Å². The quantitative estimate of drug-likeness (QED) is 0.809. The number of nitrogens with one attached hydrogen (secondary N) is 1. The first kappa shape index (κ1) is 14.9. The Morgan fingerprint density at radius 2 is 1.92 bits per heavy atom. The van der Waals surface area contributed by atoms with Crippen molar-refractivity contribution in [3.63, 3.8) is 0 Å². The average Bonchev–Trinajstić information content (AvgIpc) is 2.44. The van der Waals surface area contributed by atoms with Gasteiger partial charge in [-0.2, -0.15) is 9.78 Å². The van der Waals surface area contributed by atoms with E-state index in [2.05, 4.69) is 28.4 Å². The van der Waals surface area contributed by atoms with Gasteiger partial charge in [-0.1, -0.05) is 12.1 Å². The van der Waals surface area contributed by atoms with Crippen LogP contribution in [0.5, 0.6) is 5.75 Å². The largest absolute Gasteiger partial charge is 0.481 e. The second kappa shape index (κ2) is 4.47. The molecule has 0 fully saturated rings. The Kier molecular flexibility index (Phi) is 2.78. The highest BCUT2D eigenvalue weighted by Crippen LogP contribution is 2.45. The van der Waals surface area contributed by atoms with E-state index in [1.807, 2.05) is 32.9 Å². The van der Waals surface area contributed by atoms with Gasteiger partial charge in [0.25, 0.3) is 5.56 Å². The second-order valence-electron chi connectivity index (χ2n) is 7.18. The second-order valence-corrected chi connectivity index (χ2v) is 7.18. The van der Waals surface area contributed by atoms with E-state index in [0.29, 0.717) is 11.6 Å². The number of aryl methyl sites for hydroxylation is 2. The van der Waals surface area contributed by atoms with Gasteiger partial charge < -0.3 is 10.1 Å². The minimum atomic E-state index is -0.648. The number of rotatable bonds is 0. The molecule has 124 valence electrons. The molecule has 0 aliphatic carbocycles. The molecule has 1 unspecified atom stereocenters. The summed E-state index contributed by atoms with van der Waals surface area (Å²) in [6, 6.07) is 7.61. The molecule has 0 bridgehead atoms. The molecule has 1 atom stereocenters. The smallest absolute Gasteiger partial charge is 0.275 e. The van der Waals surface area contributed by atoms with Crippen molar-refractivity contribution < 1.29 is 4.74 Å². The number of fused-ring (bicyclic) bond motifs is 4. The highest BCUT2D eigenvalue weighted by Gasteiger charge is 2.51. The Hall–Kier alpha value is -2.63. The number of hydrogen-bond donors (Lipinski definition) is 1. The van der Waals surface area contributed by atoms with Crippen molar-refractivity contribution in [2.24, 2.45) is 5.10 Å². The van der Waals surface area contributed by atoms with Crippen LogP contribution < -0.4 is 15.6 Å². The molecule has 0 amide bonds. The maximum absolute atomic E-state index is 12.3. The normalized spacial score (nSPS) is 23.1. The number of nitrogens with zero attached hydrogens (tertiary/aromatic N) is 3. The Morgan fingerprint density at radius 1 is 1.17 bits per heavy atom. The van der Waals surface area contributed by atoms with Crippen molar-refractivity contribution in [3.8, 4) is 5.75 Å². The van der Waals surface area contributed by atoms with Gasteiger partial charge in [0.2, 0.25) is 5.95 Å². The van der Waals surface area contributed by atoms with Gasteiger partial charge in [0.05, 0.1) is 0 Å². The monoisotopic (exact) mass is 324 g/mol. The molecule has 2 aromatic rings. The van der Waals surface area contributed by atoms with E-state index >= 15 is 0 Å². The maximum atomic E-state index is 12.3. The fourth-order valence-corrected chi connectivity index (χ4v) is 3.62. The number of aromatic nitrogens is 2. The lowest BCUT2D eigenvalue weighted by Crippen LogP contribution is -2.59. The SMILES string of the molecule is Cc1ccc2c(c1)OC(C)(C)C1=Nn3c(nc(C)cc3=O)NC12C. The molecule has 24 heavy (non-hydrogen) atoms. The Labute approximate surface area is 140 Å². The molecule has 2 aliphatic rings. The molecule has 0 radical (unpaired) electrons. The molecule has 0 spiro atoms. The number of benzene rings is 1. The van der Waals surface area contributed by atoms with Gasteiger partial charge in [-0.3, -0.25) is 4.79 Å². The zero-order valence-electron chi connectivity index (χ0n) is 14.5. The van der Waals surface area contributed by atoms with E-state index in [1.165, 1.54) is 10.7 Å². The summed E-state index contributed by atoms with van der Waals surface area (Å²) in [6.07, 6.45) is 0. The summed E-state index contributed by atoms with van der Waals surface area (Å²) in [5.74, 6) is 1.29. The van der Waals surface area contributed by atoms with Crippen molar-refractivity contribution in [2.75, 3.05) is 5.32 Å². The van der Waals surface area contributed by atoms with Crippen LogP contribution in [-0.2, 0) is 5.54 Å². The van der Waals surface area contributed by atoms with E-state index in [0.717, 1.165) is 22.6 Å². The lowest BCUT2D eigenvalue weighted by atomic mass is 9.76. The van der Waals surface area contributed by atoms with Gasteiger partial charge in [-0.25, -0.2) is 4.98 Å². The zero-order chi connectivity index (χ0) is 17.3. The summed E-state index contributed by atoms with van der Waals surface area (Å²) in [6.45, 7) is 9.83. The molecule has 1 aromatic carbocycles. The Bertz CT molecular complexity index is 958. The molecule has 4 rings (SSSR count). The molecule has 1 N–H and O–H groups in total. The molecule has 2 aliphatic heterocycles. The van der Waals surface area contributed by atoms with Crippen molar-refractivity contribution in [3.05, 3.63) is 51.4 Å². The first-order chi connectivity index (χ1) is 11.2. The van der Waals surface area contributed by atoms with Crippen molar-refractivity contribution in [2.45, 2.75) is 45.8 Å². The molecule has 0 saturated carbocycles. The summed E-state index contributed by atoms with van der Waals surface area (Å²) in [7, 11) is 0. The van der Waals surface area contributed by atoms with Crippen molar-refractivity contribution in [1.82, 2.24) is 9.66 Å². The Morgan fingerprint density at radius 3 is 2.67 bits per heavy atom. The van der Waals surface area contributed by atoms with Crippen LogP contribution in [0.15, 0.2) is 34.2 Å². The fraction of sp³-hybridized carbons (Fsp3) is 0.389. The standard InChI is InChI=1S/C18H20N4O2/c1-10-6-7-12-13(8-10)24-17(3,4)15-18(12,5)20-16-19-11(2)9-14(23)22(16)21-15/h6-9H,1-5H3,(H,19,20). The third-order valence-corrected chi connectivity index (χ3v) is 4.67. The van der Waals surface area contributed by atoms with Crippen LogP contribution in [0.2, 0.25) is 0 Å². The van der Waals surface area contributed by atoms with Gasteiger partial charge in [0, 0.05) is 17.3 Å². The van der Waals surface area contributed by atoms with Gasteiger partial charge >= 0.3 is 0 Å². The van der Waals surface area contributed by atoms with E-state index in [-0.39, 0.29) is 5.56 Å². The van der Waals surface area contributed by atoms with Crippen LogP contribution in [0.4, 0.5) is 5.95 Å². The first-order valence-corrected chi connectivity index (χ1v) is 8.00. The van der Waals surface area contributed by atoms with Crippen LogP contribution in [0, 0.1) is 13.8 Å². The third kappa shape index (κ3) is 1.92.